The smallest absolute Gasteiger partial charge is 0.306 e. The zero-order chi connectivity index (χ0) is 26.0. The van der Waals surface area contributed by atoms with Gasteiger partial charge in [0.15, 0.2) is 0 Å². The SMILES string of the molecule is CCCCCCCOC(=O)CCCCCCCCCCC(CC(=O)OCCCCCCC)C(C)C. The fraction of sp³-hybridized carbons (Fsp3) is 0.935. The molecule has 0 spiro atoms. The van der Waals surface area contributed by atoms with E-state index in [9.17, 15) is 9.59 Å². The zero-order valence-electron chi connectivity index (χ0n) is 24.1. The molecule has 1 unspecified atom stereocenters. The largest absolute Gasteiger partial charge is 0.466 e. The maximum atomic E-state index is 12.2. The van der Waals surface area contributed by atoms with Crippen molar-refractivity contribution in [2.45, 2.75) is 163 Å². The molecule has 4 heteroatoms. The number of hydrogen-bond donors (Lipinski definition) is 0. The number of unbranched alkanes of at least 4 members (excludes halogenated alkanes) is 15. The first-order valence-electron chi connectivity index (χ1n) is 15.3. The molecule has 35 heavy (non-hydrogen) atoms. The Balaban J connectivity index is 3.58. The Morgan fingerprint density at radius 1 is 0.543 bits per heavy atom. The van der Waals surface area contributed by atoms with Crippen molar-refractivity contribution < 1.29 is 19.1 Å². The van der Waals surface area contributed by atoms with Crippen LogP contribution >= 0.6 is 0 Å². The van der Waals surface area contributed by atoms with Gasteiger partial charge in [-0.05, 0) is 37.5 Å². The molecule has 0 aromatic carbocycles. The van der Waals surface area contributed by atoms with E-state index in [1.165, 1.54) is 89.9 Å². The van der Waals surface area contributed by atoms with E-state index >= 15 is 0 Å². The van der Waals surface area contributed by atoms with Gasteiger partial charge in [-0.1, -0.05) is 124 Å². The fourth-order valence-electron chi connectivity index (χ4n) is 4.54. The van der Waals surface area contributed by atoms with Gasteiger partial charge in [0.1, 0.15) is 0 Å². The minimum Gasteiger partial charge on any atom is -0.466 e. The van der Waals surface area contributed by atoms with Crippen molar-refractivity contribution >= 4 is 11.9 Å². The van der Waals surface area contributed by atoms with Crippen LogP contribution in [-0.4, -0.2) is 25.2 Å². The molecule has 0 rings (SSSR count). The highest BCUT2D eigenvalue weighted by molar-refractivity contribution is 5.69. The van der Waals surface area contributed by atoms with E-state index in [0.29, 0.717) is 37.9 Å². The summed E-state index contributed by atoms with van der Waals surface area (Å²) in [6.07, 6.45) is 23.7. The molecule has 0 N–H and O–H groups in total. The Kier molecular flexibility index (Phi) is 25.2. The molecule has 0 radical (unpaired) electrons. The van der Waals surface area contributed by atoms with Crippen LogP contribution in [-0.2, 0) is 19.1 Å². The van der Waals surface area contributed by atoms with Crippen molar-refractivity contribution in [3.8, 4) is 0 Å². The number of esters is 2. The summed E-state index contributed by atoms with van der Waals surface area (Å²) < 4.78 is 10.8. The molecule has 0 aliphatic carbocycles. The van der Waals surface area contributed by atoms with Crippen LogP contribution in [0.4, 0.5) is 0 Å². The van der Waals surface area contributed by atoms with Crippen molar-refractivity contribution in [1.29, 1.82) is 0 Å². The lowest BCUT2D eigenvalue weighted by molar-refractivity contribution is -0.145. The van der Waals surface area contributed by atoms with Crippen LogP contribution in [0.15, 0.2) is 0 Å². The third-order valence-electron chi connectivity index (χ3n) is 7.10. The van der Waals surface area contributed by atoms with Gasteiger partial charge in [-0.25, -0.2) is 0 Å². The highest BCUT2D eigenvalue weighted by Gasteiger charge is 2.18. The van der Waals surface area contributed by atoms with Gasteiger partial charge in [-0.15, -0.1) is 0 Å². The van der Waals surface area contributed by atoms with Crippen LogP contribution < -0.4 is 0 Å². The molecule has 0 aromatic rings. The van der Waals surface area contributed by atoms with E-state index < -0.39 is 0 Å². The molecule has 0 amide bonds. The lowest BCUT2D eigenvalue weighted by Gasteiger charge is -2.20. The summed E-state index contributed by atoms with van der Waals surface area (Å²) >= 11 is 0. The lowest BCUT2D eigenvalue weighted by atomic mass is 9.87. The Labute approximate surface area is 218 Å². The average molecular weight is 497 g/mol. The van der Waals surface area contributed by atoms with Crippen molar-refractivity contribution in [2.24, 2.45) is 11.8 Å². The third kappa shape index (κ3) is 24.4. The minimum atomic E-state index is -0.0175. The number of ether oxygens (including phenoxy) is 2. The first-order chi connectivity index (χ1) is 17.0. The maximum Gasteiger partial charge on any atom is 0.306 e. The van der Waals surface area contributed by atoms with Crippen molar-refractivity contribution in [2.75, 3.05) is 13.2 Å². The molecule has 4 nitrogen and oxygen atoms in total. The van der Waals surface area contributed by atoms with Gasteiger partial charge in [-0.2, -0.15) is 0 Å². The molecule has 1 atom stereocenters. The van der Waals surface area contributed by atoms with Gasteiger partial charge >= 0.3 is 11.9 Å². The van der Waals surface area contributed by atoms with E-state index in [0.717, 1.165) is 32.1 Å². The van der Waals surface area contributed by atoms with E-state index in [1.807, 2.05) is 0 Å². The summed E-state index contributed by atoms with van der Waals surface area (Å²) in [7, 11) is 0. The highest BCUT2D eigenvalue weighted by atomic mass is 16.5. The zero-order valence-corrected chi connectivity index (χ0v) is 24.1. The van der Waals surface area contributed by atoms with Gasteiger partial charge in [0.25, 0.3) is 0 Å². The van der Waals surface area contributed by atoms with Gasteiger partial charge < -0.3 is 9.47 Å². The summed E-state index contributed by atoms with van der Waals surface area (Å²) in [5, 5.41) is 0. The molecule has 0 aliphatic rings. The maximum absolute atomic E-state index is 12.2. The third-order valence-corrected chi connectivity index (χ3v) is 7.10. The number of hydrogen-bond acceptors (Lipinski definition) is 4. The van der Waals surface area contributed by atoms with Crippen molar-refractivity contribution in [1.82, 2.24) is 0 Å². The van der Waals surface area contributed by atoms with E-state index in [4.69, 9.17) is 9.47 Å². The second kappa shape index (κ2) is 26.0. The Morgan fingerprint density at radius 2 is 0.971 bits per heavy atom. The number of carbonyl (C=O) groups excluding carboxylic acids is 2. The molecule has 208 valence electrons. The lowest BCUT2D eigenvalue weighted by Crippen LogP contribution is -2.17. The van der Waals surface area contributed by atoms with Crippen LogP contribution in [0.2, 0.25) is 0 Å². The van der Waals surface area contributed by atoms with Crippen LogP contribution in [0.5, 0.6) is 0 Å². The number of carbonyl (C=O) groups is 2. The molecule has 0 saturated carbocycles. The van der Waals surface area contributed by atoms with Crippen LogP contribution in [0.25, 0.3) is 0 Å². The molecular weight excluding hydrogens is 436 g/mol. The molecular formula is C31H60O4. The second-order valence-corrected chi connectivity index (χ2v) is 10.8. The highest BCUT2D eigenvalue weighted by Crippen LogP contribution is 2.23. The topological polar surface area (TPSA) is 52.6 Å². The summed E-state index contributed by atoms with van der Waals surface area (Å²) in [5.41, 5.74) is 0. The Morgan fingerprint density at radius 3 is 1.49 bits per heavy atom. The van der Waals surface area contributed by atoms with Gasteiger partial charge in [0, 0.05) is 12.8 Å². The van der Waals surface area contributed by atoms with Crippen LogP contribution in [0, 0.1) is 11.8 Å². The predicted octanol–water partition coefficient (Wildman–Crippen LogP) is 9.58. The second-order valence-electron chi connectivity index (χ2n) is 10.8. The van der Waals surface area contributed by atoms with Crippen LogP contribution in [0.3, 0.4) is 0 Å². The normalized spacial score (nSPS) is 12.1. The minimum absolute atomic E-state index is 0.00459. The number of rotatable bonds is 26. The van der Waals surface area contributed by atoms with Crippen LogP contribution in [0.1, 0.15) is 163 Å². The molecule has 0 fully saturated rings. The van der Waals surface area contributed by atoms with Gasteiger partial charge in [-0.3, -0.25) is 9.59 Å². The monoisotopic (exact) mass is 496 g/mol. The summed E-state index contributed by atoms with van der Waals surface area (Å²) in [4.78, 5) is 24.0. The van der Waals surface area contributed by atoms with E-state index in [2.05, 4.69) is 27.7 Å². The molecule has 0 bridgehead atoms. The van der Waals surface area contributed by atoms with E-state index in [-0.39, 0.29) is 11.9 Å². The average Bonchev–Trinajstić information content (AvgIpc) is 2.83. The summed E-state index contributed by atoms with van der Waals surface area (Å²) in [6, 6.07) is 0. The van der Waals surface area contributed by atoms with Gasteiger partial charge in [0.2, 0.25) is 0 Å². The standard InChI is InChI=1S/C31H60O4/c1-5-7-9-17-21-25-34-30(32)24-20-16-14-12-11-13-15-19-23-29(28(3)4)27-31(33)35-26-22-18-10-8-6-2/h28-29H,5-27H2,1-4H3. The fourth-order valence-corrected chi connectivity index (χ4v) is 4.54. The first kappa shape index (κ1) is 33.9. The molecule has 0 aliphatic heterocycles. The van der Waals surface area contributed by atoms with Crippen molar-refractivity contribution in [3.63, 3.8) is 0 Å². The molecule has 0 heterocycles. The summed E-state index contributed by atoms with van der Waals surface area (Å²) in [5.74, 6) is 0.949. The Hall–Kier alpha value is -1.06. The molecule has 0 saturated heterocycles. The van der Waals surface area contributed by atoms with E-state index in [1.54, 1.807) is 0 Å². The predicted molar refractivity (Wildman–Crippen MR) is 149 cm³/mol. The van der Waals surface area contributed by atoms with Gasteiger partial charge in [0.05, 0.1) is 13.2 Å². The van der Waals surface area contributed by atoms with Crippen molar-refractivity contribution in [3.05, 3.63) is 0 Å². The molecule has 0 aromatic heterocycles. The summed E-state index contributed by atoms with van der Waals surface area (Å²) in [6.45, 7) is 10.1. The quantitative estimate of drug-likeness (QED) is 0.0883. The first-order valence-corrected chi connectivity index (χ1v) is 15.3. The Bertz CT molecular complexity index is 475.